The Morgan fingerprint density at radius 2 is 2.04 bits per heavy atom. The lowest BCUT2D eigenvalue weighted by molar-refractivity contribution is -0.129. The number of hydrogen-bond acceptors (Lipinski definition) is 3. The van der Waals surface area contributed by atoms with Crippen LogP contribution < -0.4 is 5.32 Å². The highest BCUT2D eigenvalue weighted by Crippen LogP contribution is 2.19. The topological polar surface area (TPSA) is 62.3 Å². The van der Waals surface area contributed by atoms with Crippen molar-refractivity contribution in [2.24, 2.45) is 5.92 Å². The van der Waals surface area contributed by atoms with E-state index in [1.807, 2.05) is 42.5 Å². The number of rotatable bonds is 6. The summed E-state index contributed by atoms with van der Waals surface area (Å²) in [6.07, 6.45) is 2.72. The second kappa shape index (κ2) is 8.12. The van der Waals surface area contributed by atoms with Gasteiger partial charge in [0.05, 0.1) is 18.2 Å². The zero-order valence-electron chi connectivity index (χ0n) is 13.8. The molecule has 1 unspecified atom stereocenters. The third-order valence-corrected chi connectivity index (χ3v) is 4.59. The second-order valence-electron chi connectivity index (χ2n) is 6.16. The Hall–Kier alpha value is -2.40. The van der Waals surface area contributed by atoms with Gasteiger partial charge in [-0.3, -0.25) is 14.6 Å². The zero-order chi connectivity index (χ0) is 17.6. The average Bonchev–Trinajstić information content (AvgIpc) is 3.01. The van der Waals surface area contributed by atoms with Crippen LogP contribution in [0.3, 0.4) is 0 Å². The van der Waals surface area contributed by atoms with Crippen LogP contribution in [-0.4, -0.2) is 34.8 Å². The highest BCUT2D eigenvalue weighted by molar-refractivity contribution is 6.30. The van der Waals surface area contributed by atoms with Gasteiger partial charge in [-0.2, -0.15) is 0 Å². The van der Waals surface area contributed by atoms with Gasteiger partial charge in [-0.25, -0.2) is 0 Å². The number of halogens is 1. The second-order valence-corrected chi connectivity index (χ2v) is 6.59. The molecule has 6 heteroatoms. The molecule has 0 saturated carbocycles. The summed E-state index contributed by atoms with van der Waals surface area (Å²) in [6.45, 7) is 1.47. The van der Waals surface area contributed by atoms with Crippen LogP contribution in [0.25, 0.3) is 0 Å². The summed E-state index contributed by atoms with van der Waals surface area (Å²) in [4.78, 5) is 30.4. The molecule has 1 fully saturated rings. The van der Waals surface area contributed by atoms with Crippen LogP contribution in [-0.2, 0) is 22.6 Å². The molecule has 3 rings (SSSR count). The summed E-state index contributed by atoms with van der Waals surface area (Å²) in [6, 6.07) is 13.2. The number of carbonyl (C=O) groups is 2. The minimum Gasteiger partial charge on any atom is -0.350 e. The summed E-state index contributed by atoms with van der Waals surface area (Å²) in [7, 11) is 0. The number of carbonyl (C=O) groups excluding carboxylic acids is 2. The first-order valence-corrected chi connectivity index (χ1v) is 8.69. The van der Waals surface area contributed by atoms with Crippen molar-refractivity contribution in [1.82, 2.24) is 15.2 Å². The van der Waals surface area contributed by atoms with Crippen LogP contribution in [0.15, 0.2) is 48.7 Å². The van der Waals surface area contributed by atoms with E-state index in [9.17, 15) is 9.59 Å². The quantitative estimate of drug-likeness (QED) is 0.863. The lowest BCUT2D eigenvalue weighted by Crippen LogP contribution is -2.33. The molecule has 2 heterocycles. The molecular weight excluding hydrogens is 338 g/mol. The molecule has 0 aliphatic carbocycles. The molecule has 1 atom stereocenters. The van der Waals surface area contributed by atoms with E-state index in [1.54, 1.807) is 11.1 Å². The molecule has 0 bridgehead atoms. The van der Waals surface area contributed by atoms with Crippen LogP contribution in [0.2, 0.25) is 5.02 Å². The smallest absolute Gasteiger partial charge is 0.225 e. The van der Waals surface area contributed by atoms with Crippen molar-refractivity contribution in [3.05, 3.63) is 64.9 Å². The maximum Gasteiger partial charge on any atom is 0.225 e. The van der Waals surface area contributed by atoms with Crippen molar-refractivity contribution in [3.63, 3.8) is 0 Å². The van der Waals surface area contributed by atoms with Crippen molar-refractivity contribution >= 4 is 23.4 Å². The van der Waals surface area contributed by atoms with Crippen molar-refractivity contribution in [1.29, 1.82) is 0 Å². The van der Waals surface area contributed by atoms with Crippen molar-refractivity contribution < 1.29 is 9.59 Å². The van der Waals surface area contributed by atoms with E-state index in [4.69, 9.17) is 11.6 Å². The predicted octanol–water partition coefficient (Wildman–Crippen LogP) is 2.44. The number of benzene rings is 1. The third kappa shape index (κ3) is 4.79. The van der Waals surface area contributed by atoms with Crippen LogP contribution in [0.4, 0.5) is 0 Å². The lowest BCUT2D eigenvalue weighted by atomic mass is 10.1. The SMILES string of the molecule is O=C(NCc1ccccn1)C1CC(=O)N(CCc2ccc(Cl)cc2)C1. The maximum atomic E-state index is 12.3. The molecule has 1 aliphatic rings. The summed E-state index contributed by atoms with van der Waals surface area (Å²) in [5.41, 5.74) is 1.93. The van der Waals surface area contributed by atoms with Gasteiger partial charge >= 0.3 is 0 Å². The van der Waals surface area contributed by atoms with Crippen LogP contribution in [0.1, 0.15) is 17.7 Å². The fourth-order valence-corrected chi connectivity index (χ4v) is 3.03. The predicted molar refractivity (Wildman–Crippen MR) is 95.9 cm³/mol. The molecule has 1 aromatic carbocycles. The van der Waals surface area contributed by atoms with E-state index in [2.05, 4.69) is 10.3 Å². The Kier molecular flexibility index (Phi) is 5.66. The van der Waals surface area contributed by atoms with Crippen molar-refractivity contribution in [2.45, 2.75) is 19.4 Å². The van der Waals surface area contributed by atoms with Crippen molar-refractivity contribution in [3.8, 4) is 0 Å². The van der Waals surface area contributed by atoms with Gasteiger partial charge in [0, 0.05) is 30.7 Å². The average molecular weight is 358 g/mol. The Bertz CT molecular complexity index is 734. The van der Waals surface area contributed by atoms with Gasteiger partial charge < -0.3 is 10.2 Å². The van der Waals surface area contributed by atoms with Gasteiger partial charge in [0.1, 0.15) is 0 Å². The van der Waals surface area contributed by atoms with Gasteiger partial charge in [0.15, 0.2) is 0 Å². The summed E-state index contributed by atoms with van der Waals surface area (Å²) < 4.78 is 0. The number of likely N-dealkylation sites (tertiary alicyclic amines) is 1. The monoisotopic (exact) mass is 357 g/mol. The Morgan fingerprint density at radius 3 is 2.76 bits per heavy atom. The molecule has 1 N–H and O–H groups in total. The van der Waals surface area contributed by atoms with E-state index in [0.29, 0.717) is 24.7 Å². The summed E-state index contributed by atoms with van der Waals surface area (Å²) in [5, 5.41) is 3.57. The Morgan fingerprint density at radius 1 is 1.24 bits per heavy atom. The fourth-order valence-electron chi connectivity index (χ4n) is 2.90. The standard InChI is InChI=1S/C19H20ClN3O2/c20-16-6-4-14(5-7-16)8-10-23-13-15(11-18(23)24)19(25)22-12-17-3-1-2-9-21-17/h1-7,9,15H,8,10-13H2,(H,22,25). The van der Waals surface area contributed by atoms with E-state index in [0.717, 1.165) is 17.7 Å². The van der Waals surface area contributed by atoms with Crippen LogP contribution in [0, 0.1) is 5.92 Å². The molecule has 1 saturated heterocycles. The first-order chi connectivity index (χ1) is 12.1. The fraction of sp³-hybridized carbons (Fsp3) is 0.316. The molecule has 1 aromatic heterocycles. The van der Waals surface area contributed by atoms with E-state index in [1.165, 1.54) is 0 Å². The Balaban J connectivity index is 1.48. The van der Waals surface area contributed by atoms with Crippen LogP contribution >= 0.6 is 11.6 Å². The summed E-state index contributed by atoms with van der Waals surface area (Å²) >= 11 is 5.88. The van der Waals surface area contributed by atoms with Crippen molar-refractivity contribution in [2.75, 3.05) is 13.1 Å². The molecule has 5 nitrogen and oxygen atoms in total. The minimum atomic E-state index is -0.290. The highest BCUT2D eigenvalue weighted by Gasteiger charge is 2.33. The Labute approximate surface area is 152 Å². The highest BCUT2D eigenvalue weighted by atomic mass is 35.5. The number of nitrogens with one attached hydrogen (secondary N) is 1. The number of aromatic nitrogens is 1. The first-order valence-electron chi connectivity index (χ1n) is 8.31. The molecule has 130 valence electrons. The van der Waals surface area contributed by atoms with Gasteiger partial charge in [0.2, 0.25) is 11.8 Å². The largest absolute Gasteiger partial charge is 0.350 e. The minimum absolute atomic E-state index is 0.0342. The lowest BCUT2D eigenvalue weighted by Gasteiger charge is -2.16. The van der Waals surface area contributed by atoms with E-state index >= 15 is 0 Å². The van der Waals surface area contributed by atoms with E-state index < -0.39 is 0 Å². The zero-order valence-corrected chi connectivity index (χ0v) is 14.6. The molecular formula is C19H20ClN3O2. The van der Waals surface area contributed by atoms with Gasteiger partial charge in [0.25, 0.3) is 0 Å². The number of nitrogens with zero attached hydrogens (tertiary/aromatic N) is 2. The third-order valence-electron chi connectivity index (χ3n) is 4.34. The maximum absolute atomic E-state index is 12.3. The van der Waals surface area contributed by atoms with Gasteiger partial charge in [-0.1, -0.05) is 29.8 Å². The molecule has 25 heavy (non-hydrogen) atoms. The molecule has 1 aliphatic heterocycles. The van der Waals surface area contributed by atoms with Gasteiger partial charge in [-0.05, 0) is 36.2 Å². The number of amides is 2. The molecule has 0 spiro atoms. The molecule has 0 radical (unpaired) electrons. The van der Waals surface area contributed by atoms with E-state index in [-0.39, 0.29) is 24.2 Å². The van der Waals surface area contributed by atoms with Gasteiger partial charge in [-0.15, -0.1) is 0 Å². The normalized spacial score (nSPS) is 16.9. The van der Waals surface area contributed by atoms with Crippen LogP contribution in [0.5, 0.6) is 0 Å². The number of hydrogen-bond donors (Lipinski definition) is 1. The molecule has 2 amide bonds. The number of pyridine rings is 1. The molecule has 2 aromatic rings. The first kappa shape index (κ1) is 17.4. The summed E-state index contributed by atoms with van der Waals surface area (Å²) in [5.74, 6) is -0.346.